The summed E-state index contributed by atoms with van der Waals surface area (Å²) in [7, 11) is 0. The molecule has 0 unspecified atom stereocenters. The molecule has 0 aliphatic carbocycles. The summed E-state index contributed by atoms with van der Waals surface area (Å²) in [6, 6.07) is 16.3. The Hall–Kier alpha value is -3.02. The van der Waals surface area contributed by atoms with Gasteiger partial charge < -0.3 is 19.9 Å². The van der Waals surface area contributed by atoms with Crippen molar-refractivity contribution in [1.82, 2.24) is 15.1 Å². The number of piperidine rings is 2. The standard InChI is InChI=1S/C31H41N3O3/c1-3-4-5-8-19-37-25-13-9-12-24(20-25)22(2)32-31(36)34-17-10-15-27-29(34)21-28-26-14-7-6-11-23(26)16-18-33(28)30(27)35/h6-7,9,11-14,20,22,27-29H,3-5,8,10,15-19,21H2,1-2H3,(H,32,36)/t22-,27+,28-,29+/m1/s1. The first-order valence-electron chi connectivity index (χ1n) is 14.2. The van der Waals surface area contributed by atoms with Crippen molar-refractivity contribution in [3.05, 3.63) is 65.2 Å². The molecule has 2 fully saturated rings. The fourth-order valence-electron chi connectivity index (χ4n) is 6.44. The molecular formula is C31H41N3O3. The lowest BCUT2D eigenvalue weighted by Crippen LogP contribution is -2.61. The van der Waals surface area contributed by atoms with E-state index in [4.69, 9.17) is 4.74 Å². The average molecular weight is 504 g/mol. The van der Waals surface area contributed by atoms with Gasteiger partial charge in [-0.05, 0) is 67.9 Å². The Labute approximate surface area is 221 Å². The molecule has 6 heteroatoms. The van der Waals surface area contributed by atoms with E-state index in [0.29, 0.717) is 6.54 Å². The van der Waals surface area contributed by atoms with Crippen molar-refractivity contribution in [3.63, 3.8) is 0 Å². The van der Waals surface area contributed by atoms with Crippen LogP contribution in [0.3, 0.4) is 0 Å². The molecule has 198 valence electrons. The normalized spacial score (nSPS) is 23.5. The van der Waals surface area contributed by atoms with Crippen molar-refractivity contribution in [3.8, 4) is 5.75 Å². The third kappa shape index (κ3) is 5.48. The molecule has 0 saturated carbocycles. The number of ether oxygens (including phenoxy) is 1. The van der Waals surface area contributed by atoms with Crippen molar-refractivity contribution < 1.29 is 14.3 Å². The highest BCUT2D eigenvalue weighted by Crippen LogP contribution is 2.43. The summed E-state index contributed by atoms with van der Waals surface area (Å²) in [5.41, 5.74) is 3.62. The predicted octanol–water partition coefficient (Wildman–Crippen LogP) is 6.03. The molecule has 2 aromatic rings. The molecule has 5 rings (SSSR count). The van der Waals surface area contributed by atoms with Gasteiger partial charge in [-0.25, -0.2) is 4.79 Å². The van der Waals surface area contributed by atoms with Gasteiger partial charge >= 0.3 is 6.03 Å². The fraction of sp³-hybridized carbons (Fsp3) is 0.548. The summed E-state index contributed by atoms with van der Waals surface area (Å²) in [5.74, 6) is 0.980. The number of hydrogen-bond acceptors (Lipinski definition) is 3. The summed E-state index contributed by atoms with van der Waals surface area (Å²) >= 11 is 0. The number of likely N-dealkylation sites (tertiary alicyclic amines) is 1. The Morgan fingerprint density at radius 1 is 1.11 bits per heavy atom. The first-order chi connectivity index (χ1) is 18.1. The minimum absolute atomic E-state index is 0.0568. The van der Waals surface area contributed by atoms with Crippen molar-refractivity contribution in [2.24, 2.45) is 5.92 Å². The van der Waals surface area contributed by atoms with Crippen LogP contribution in [-0.2, 0) is 11.2 Å². The minimum Gasteiger partial charge on any atom is -0.494 e. The summed E-state index contributed by atoms with van der Waals surface area (Å²) < 4.78 is 5.96. The average Bonchev–Trinajstić information content (AvgIpc) is 2.93. The number of unbranched alkanes of at least 4 members (excludes halogenated alkanes) is 3. The van der Waals surface area contributed by atoms with Gasteiger partial charge in [-0.1, -0.05) is 62.6 Å². The van der Waals surface area contributed by atoms with Crippen LogP contribution in [-0.4, -0.2) is 47.5 Å². The highest BCUT2D eigenvalue weighted by Gasteiger charge is 2.48. The molecule has 4 atom stereocenters. The molecule has 0 aromatic heterocycles. The molecule has 3 aliphatic heterocycles. The molecule has 37 heavy (non-hydrogen) atoms. The van der Waals surface area contributed by atoms with Gasteiger partial charge in [-0.2, -0.15) is 0 Å². The van der Waals surface area contributed by atoms with Crippen LogP contribution in [0.5, 0.6) is 5.75 Å². The molecule has 0 radical (unpaired) electrons. The molecule has 3 aliphatic rings. The Morgan fingerprint density at radius 2 is 1.97 bits per heavy atom. The van der Waals surface area contributed by atoms with E-state index >= 15 is 0 Å². The highest BCUT2D eigenvalue weighted by atomic mass is 16.5. The van der Waals surface area contributed by atoms with Crippen LogP contribution < -0.4 is 10.1 Å². The second-order valence-corrected chi connectivity index (χ2v) is 10.9. The summed E-state index contributed by atoms with van der Waals surface area (Å²) in [6.45, 7) is 6.42. The van der Waals surface area contributed by atoms with Crippen molar-refractivity contribution in [2.45, 2.75) is 83.3 Å². The van der Waals surface area contributed by atoms with Crippen LogP contribution in [0.1, 0.15) is 87.6 Å². The van der Waals surface area contributed by atoms with E-state index in [1.807, 2.05) is 36.1 Å². The topological polar surface area (TPSA) is 61.9 Å². The van der Waals surface area contributed by atoms with Gasteiger partial charge in [-0.15, -0.1) is 0 Å². The number of nitrogens with zero attached hydrogens (tertiary/aromatic N) is 2. The number of carbonyl (C=O) groups excluding carboxylic acids is 2. The van der Waals surface area contributed by atoms with Crippen LogP contribution in [0.25, 0.3) is 0 Å². The van der Waals surface area contributed by atoms with Gasteiger partial charge in [0, 0.05) is 19.1 Å². The van der Waals surface area contributed by atoms with Gasteiger partial charge in [0.05, 0.1) is 24.6 Å². The Balaban J connectivity index is 1.25. The molecule has 2 aromatic carbocycles. The number of benzene rings is 2. The minimum atomic E-state index is -0.150. The van der Waals surface area contributed by atoms with E-state index in [1.54, 1.807) is 0 Å². The van der Waals surface area contributed by atoms with Crippen LogP contribution in [0.15, 0.2) is 48.5 Å². The number of carbonyl (C=O) groups is 2. The Morgan fingerprint density at radius 3 is 2.84 bits per heavy atom. The van der Waals surface area contributed by atoms with Crippen LogP contribution in [0.2, 0.25) is 0 Å². The maximum Gasteiger partial charge on any atom is 0.318 e. The first kappa shape index (κ1) is 25.6. The zero-order valence-corrected chi connectivity index (χ0v) is 22.3. The maximum atomic E-state index is 13.6. The van der Waals surface area contributed by atoms with Crippen molar-refractivity contribution >= 4 is 11.9 Å². The van der Waals surface area contributed by atoms with Crippen molar-refractivity contribution in [2.75, 3.05) is 19.7 Å². The monoisotopic (exact) mass is 503 g/mol. The van der Waals surface area contributed by atoms with E-state index in [1.165, 1.54) is 30.4 Å². The lowest BCUT2D eigenvalue weighted by atomic mass is 9.76. The third-order valence-electron chi connectivity index (χ3n) is 8.48. The largest absolute Gasteiger partial charge is 0.494 e. The second-order valence-electron chi connectivity index (χ2n) is 10.9. The van der Waals surface area contributed by atoms with Gasteiger partial charge in [0.15, 0.2) is 0 Å². The van der Waals surface area contributed by atoms with Gasteiger partial charge in [-0.3, -0.25) is 4.79 Å². The maximum absolute atomic E-state index is 13.6. The summed E-state index contributed by atoms with van der Waals surface area (Å²) in [4.78, 5) is 31.2. The number of urea groups is 1. The summed E-state index contributed by atoms with van der Waals surface area (Å²) in [5, 5.41) is 3.22. The second kappa shape index (κ2) is 11.6. The molecule has 0 bridgehead atoms. The molecular weight excluding hydrogens is 462 g/mol. The van der Waals surface area contributed by atoms with E-state index in [-0.39, 0.29) is 36.0 Å². The van der Waals surface area contributed by atoms with Crippen LogP contribution in [0, 0.1) is 5.92 Å². The smallest absolute Gasteiger partial charge is 0.318 e. The highest BCUT2D eigenvalue weighted by molar-refractivity contribution is 5.83. The SMILES string of the molecule is CCCCCCOc1cccc([C@@H](C)NC(=O)N2CCC[C@@H]3C(=O)N4CCc5ccccc5[C@H]4C[C@@H]32)c1. The molecule has 0 spiro atoms. The van der Waals surface area contributed by atoms with E-state index in [0.717, 1.165) is 56.6 Å². The van der Waals surface area contributed by atoms with E-state index < -0.39 is 0 Å². The van der Waals surface area contributed by atoms with Gasteiger partial charge in [0.2, 0.25) is 5.91 Å². The third-order valence-corrected chi connectivity index (χ3v) is 8.48. The number of rotatable bonds is 8. The molecule has 3 amide bonds. The van der Waals surface area contributed by atoms with Gasteiger partial charge in [0.1, 0.15) is 5.75 Å². The number of fused-ring (bicyclic) bond motifs is 4. The summed E-state index contributed by atoms with van der Waals surface area (Å²) in [6.07, 6.45) is 8.16. The lowest BCUT2D eigenvalue weighted by Gasteiger charge is -2.51. The zero-order valence-electron chi connectivity index (χ0n) is 22.3. The molecule has 1 N–H and O–H groups in total. The zero-order chi connectivity index (χ0) is 25.8. The van der Waals surface area contributed by atoms with Crippen LogP contribution in [0.4, 0.5) is 4.79 Å². The molecule has 6 nitrogen and oxygen atoms in total. The van der Waals surface area contributed by atoms with E-state index in [2.05, 4.69) is 41.4 Å². The van der Waals surface area contributed by atoms with Gasteiger partial charge in [0.25, 0.3) is 0 Å². The predicted molar refractivity (Wildman–Crippen MR) is 145 cm³/mol. The van der Waals surface area contributed by atoms with Crippen molar-refractivity contribution in [1.29, 1.82) is 0 Å². The quantitative estimate of drug-likeness (QED) is 0.448. The number of hydrogen-bond donors (Lipinski definition) is 1. The van der Waals surface area contributed by atoms with Crippen LogP contribution >= 0.6 is 0 Å². The number of nitrogens with one attached hydrogen (secondary N) is 1. The molecule has 3 heterocycles. The number of amides is 3. The Bertz CT molecular complexity index is 1100. The Kier molecular flexibility index (Phi) is 8.02. The van der Waals surface area contributed by atoms with E-state index in [9.17, 15) is 9.59 Å². The first-order valence-corrected chi connectivity index (χ1v) is 14.2. The molecule has 2 saturated heterocycles. The fourth-order valence-corrected chi connectivity index (χ4v) is 6.44. The lowest BCUT2D eigenvalue weighted by molar-refractivity contribution is -0.148.